The smallest absolute Gasteiger partial charge is 0.328 e. The molecule has 1 saturated heterocycles. The SMILES string of the molecule is Clc1cc(N2CCNCC2)cnc1-c1ccccc1.O=C(O)/C=C/C(=O)O. The largest absolute Gasteiger partial charge is 0.478 e. The van der Waals surface area contributed by atoms with E-state index in [1.54, 1.807) is 0 Å². The lowest BCUT2D eigenvalue weighted by atomic mass is 10.1. The molecule has 2 heterocycles. The van der Waals surface area contributed by atoms with Gasteiger partial charge in [0.15, 0.2) is 0 Å². The second-order valence-corrected chi connectivity index (χ2v) is 6.04. The molecule has 7 nitrogen and oxygen atoms in total. The average molecular weight is 390 g/mol. The van der Waals surface area contributed by atoms with Crippen LogP contribution < -0.4 is 10.2 Å². The minimum Gasteiger partial charge on any atom is -0.478 e. The normalized spacial score (nSPS) is 13.7. The summed E-state index contributed by atoms with van der Waals surface area (Å²) in [4.78, 5) is 25.9. The lowest BCUT2D eigenvalue weighted by Gasteiger charge is -2.29. The van der Waals surface area contributed by atoms with Gasteiger partial charge in [-0.2, -0.15) is 0 Å². The van der Waals surface area contributed by atoms with E-state index in [0.29, 0.717) is 17.2 Å². The van der Waals surface area contributed by atoms with Crippen LogP contribution in [0.15, 0.2) is 54.7 Å². The minimum absolute atomic E-state index is 0.558. The van der Waals surface area contributed by atoms with Gasteiger partial charge in [0.2, 0.25) is 0 Å². The van der Waals surface area contributed by atoms with Crippen LogP contribution in [0.25, 0.3) is 11.3 Å². The first-order valence-corrected chi connectivity index (χ1v) is 8.65. The molecule has 3 N–H and O–H groups in total. The summed E-state index contributed by atoms with van der Waals surface area (Å²) in [6, 6.07) is 12.1. The summed E-state index contributed by atoms with van der Waals surface area (Å²) in [5.41, 5.74) is 3.01. The third-order valence-corrected chi connectivity index (χ3v) is 4.01. The summed E-state index contributed by atoms with van der Waals surface area (Å²) in [6.45, 7) is 4.03. The topological polar surface area (TPSA) is 103 Å². The highest BCUT2D eigenvalue weighted by Gasteiger charge is 2.13. The molecule has 0 aliphatic carbocycles. The van der Waals surface area contributed by atoms with Crippen LogP contribution in [0.1, 0.15) is 0 Å². The maximum atomic E-state index is 9.55. The lowest BCUT2D eigenvalue weighted by Crippen LogP contribution is -2.43. The summed E-state index contributed by atoms with van der Waals surface area (Å²) < 4.78 is 0. The Hall–Kier alpha value is -2.90. The quantitative estimate of drug-likeness (QED) is 0.690. The Morgan fingerprint density at radius 2 is 1.67 bits per heavy atom. The monoisotopic (exact) mass is 389 g/mol. The number of carbonyl (C=O) groups is 2. The van der Waals surface area contributed by atoms with E-state index >= 15 is 0 Å². The van der Waals surface area contributed by atoms with Crippen molar-refractivity contribution in [3.05, 3.63) is 59.8 Å². The van der Waals surface area contributed by atoms with Gasteiger partial charge in [-0.15, -0.1) is 0 Å². The molecule has 1 fully saturated rings. The van der Waals surface area contributed by atoms with Crippen molar-refractivity contribution in [3.63, 3.8) is 0 Å². The lowest BCUT2D eigenvalue weighted by molar-refractivity contribution is -0.134. The number of hydrogen-bond donors (Lipinski definition) is 3. The maximum Gasteiger partial charge on any atom is 0.328 e. The molecule has 0 radical (unpaired) electrons. The third kappa shape index (κ3) is 6.73. The molecule has 0 spiro atoms. The van der Waals surface area contributed by atoms with Crippen LogP contribution in [-0.4, -0.2) is 53.3 Å². The van der Waals surface area contributed by atoms with E-state index in [4.69, 9.17) is 21.8 Å². The predicted molar refractivity (Wildman–Crippen MR) is 104 cm³/mol. The van der Waals surface area contributed by atoms with Crippen LogP contribution in [0.3, 0.4) is 0 Å². The van der Waals surface area contributed by atoms with Crippen LogP contribution in [0.2, 0.25) is 5.02 Å². The number of benzene rings is 1. The van der Waals surface area contributed by atoms with Gasteiger partial charge < -0.3 is 20.4 Å². The molecule has 0 atom stereocenters. The van der Waals surface area contributed by atoms with Gasteiger partial charge >= 0.3 is 11.9 Å². The molecule has 2 aromatic rings. The number of aromatic nitrogens is 1. The zero-order valence-electron chi connectivity index (χ0n) is 14.5. The molecule has 0 saturated carbocycles. The van der Waals surface area contributed by atoms with Crippen molar-refractivity contribution in [2.24, 2.45) is 0 Å². The summed E-state index contributed by atoms with van der Waals surface area (Å²) in [5.74, 6) is -2.51. The van der Waals surface area contributed by atoms with Gasteiger partial charge in [0.25, 0.3) is 0 Å². The van der Waals surface area contributed by atoms with Crippen molar-refractivity contribution >= 4 is 29.2 Å². The number of hydrogen-bond acceptors (Lipinski definition) is 5. The Balaban J connectivity index is 0.000000279. The molecule has 142 valence electrons. The van der Waals surface area contributed by atoms with Gasteiger partial charge in [-0.05, 0) is 6.07 Å². The van der Waals surface area contributed by atoms with Gasteiger partial charge in [0.05, 0.1) is 22.6 Å². The van der Waals surface area contributed by atoms with Gasteiger partial charge in [-0.25, -0.2) is 9.59 Å². The standard InChI is InChI=1S/C15H16ClN3.C4H4O4/c16-14-10-13(19-8-6-17-7-9-19)11-18-15(14)12-4-2-1-3-5-12;5-3(6)1-2-4(7)8/h1-5,10-11,17H,6-9H2;1-2H,(H,5,6)(H,7,8)/b;2-1+. The van der Waals surface area contributed by atoms with Crippen molar-refractivity contribution in [3.8, 4) is 11.3 Å². The molecule has 1 aromatic carbocycles. The molecule has 3 rings (SSSR count). The zero-order valence-corrected chi connectivity index (χ0v) is 15.3. The fourth-order valence-corrected chi connectivity index (χ4v) is 2.74. The van der Waals surface area contributed by atoms with Crippen molar-refractivity contribution in [1.29, 1.82) is 0 Å². The van der Waals surface area contributed by atoms with Crippen LogP contribution in [0.5, 0.6) is 0 Å². The fraction of sp³-hybridized carbons (Fsp3) is 0.211. The van der Waals surface area contributed by atoms with Crippen LogP contribution in [0, 0.1) is 0 Å². The first kappa shape index (κ1) is 20.4. The van der Waals surface area contributed by atoms with E-state index in [1.807, 2.05) is 42.6 Å². The Kier molecular flexibility index (Phi) is 7.79. The number of piperazine rings is 1. The molecule has 1 aliphatic heterocycles. The van der Waals surface area contributed by atoms with E-state index in [-0.39, 0.29) is 0 Å². The van der Waals surface area contributed by atoms with Crippen molar-refractivity contribution in [2.45, 2.75) is 0 Å². The summed E-state index contributed by atoms with van der Waals surface area (Å²) in [7, 11) is 0. The highest BCUT2D eigenvalue weighted by molar-refractivity contribution is 6.33. The molecular formula is C19H20ClN3O4. The van der Waals surface area contributed by atoms with Gasteiger partial charge in [-0.1, -0.05) is 41.9 Å². The fourth-order valence-electron chi connectivity index (χ4n) is 2.47. The van der Waals surface area contributed by atoms with E-state index in [2.05, 4.69) is 15.2 Å². The number of aliphatic carboxylic acids is 2. The molecular weight excluding hydrogens is 370 g/mol. The first-order chi connectivity index (χ1) is 13.0. The number of rotatable bonds is 4. The van der Waals surface area contributed by atoms with Crippen LogP contribution in [0.4, 0.5) is 5.69 Å². The highest BCUT2D eigenvalue weighted by atomic mass is 35.5. The second kappa shape index (κ2) is 10.3. The van der Waals surface area contributed by atoms with Crippen molar-refractivity contribution in [2.75, 3.05) is 31.1 Å². The third-order valence-electron chi connectivity index (χ3n) is 3.72. The van der Waals surface area contributed by atoms with E-state index < -0.39 is 11.9 Å². The predicted octanol–water partition coefficient (Wildman–Crippen LogP) is 2.52. The number of nitrogens with zero attached hydrogens (tertiary/aromatic N) is 2. The molecule has 1 aliphatic rings. The molecule has 27 heavy (non-hydrogen) atoms. The molecule has 0 amide bonds. The first-order valence-electron chi connectivity index (χ1n) is 8.28. The highest BCUT2D eigenvalue weighted by Crippen LogP contribution is 2.29. The molecule has 1 aromatic heterocycles. The average Bonchev–Trinajstić information content (AvgIpc) is 2.68. The maximum absolute atomic E-state index is 9.55. The van der Waals surface area contributed by atoms with Gasteiger partial charge in [-0.3, -0.25) is 4.98 Å². The molecule has 0 bridgehead atoms. The van der Waals surface area contributed by atoms with E-state index in [0.717, 1.165) is 43.1 Å². The number of anilines is 1. The van der Waals surface area contributed by atoms with Crippen LogP contribution >= 0.6 is 11.6 Å². The Morgan fingerprint density at radius 3 is 2.19 bits per heavy atom. The molecule has 8 heteroatoms. The Morgan fingerprint density at radius 1 is 1.07 bits per heavy atom. The Bertz CT molecular complexity index is 790. The number of carboxylic acids is 2. The molecule has 0 unspecified atom stereocenters. The van der Waals surface area contributed by atoms with Crippen LogP contribution in [-0.2, 0) is 9.59 Å². The minimum atomic E-state index is -1.26. The number of halogens is 1. The summed E-state index contributed by atoms with van der Waals surface area (Å²) in [5, 5.41) is 19.7. The van der Waals surface area contributed by atoms with Crippen molar-refractivity contribution in [1.82, 2.24) is 10.3 Å². The number of pyridine rings is 1. The van der Waals surface area contributed by atoms with E-state index in [9.17, 15) is 9.59 Å². The zero-order chi connectivity index (χ0) is 19.6. The van der Waals surface area contributed by atoms with Gasteiger partial charge in [0, 0.05) is 43.9 Å². The van der Waals surface area contributed by atoms with Crippen molar-refractivity contribution < 1.29 is 19.8 Å². The number of nitrogens with one attached hydrogen (secondary N) is 1. The summed E-state index contributed by atoms with van der Waals surface area (Å²) in [6.07, 6.45) is 3.03. The van der Waals surface area contributed by atoms with E-state index in [1.165, 1.54) is 0 Å². The van der Waals surface area contributed by atoms with Gasteiger partial charge in [0.1, 0.15) is 0 Å². The second-order valence-electron chi connectivity index (χ2n) is 5.64. The summed E-state index contributed by atoms with van der Waals surface area (Å²) >= 11 is 6.38. The Labute approximate surface area is 161 Å². The number of carboxylic acid groups (broad SMARTS) is 2.